The standard InChI is InChI=1S/C18H29NO2/c1-14(2)13-16-7-9-17(10-8-16)15(3)18(20)21-12-6-11-19(4)5/h7-10,14-15H,6,11-13H2,1-5H3. The fraction of sp³-hybridized carbons (Fsp3) is 0.611. The molecule has 0 amide bonds. The molecule has 1 rings (SSSR count). The molecule has 0 N–H and O–H groups in total. The zero-order chi connectivity index (χ0) is 15.8. The smallest absolute Gasteiger partial charge is 0.313 e. The van der Waals surface area contributed by atoms with E-state index >= 15 is 0 Å². The molecule has 1 unspecified atom stereocenters. The van der Waals surface area contributed by atoms with Crippen molar-refractivity contribution in [1.82, 2.24) is 4.90 Å². The number of nitrogens with zero attached hydrogens (tertiary/aromatic N) is 1. The van der Waals surface area contributed by atoms with Crippen molar-refractivity contribution in [2.24, 2.45) is 5.92 Å². The maximum Gasteiger partial charge on any atom is 0.313 e. The van der Waals surface area contributed by atoms with Gasteiger partial charge in [-0.3, -0.25) is 4.79 Å². The second kappa shape index (κ2) is 8.83. The summed E-state index contributed by atoms with van der Waals surface area (Å²) in [4.78, 5) is 14.1. The Hall–Kier alpha value is -1.35. The van der Waals surface area contributed by atoms with Crippen molar-refractivity contribution >= 4 is 5.97 Å². The Bertz CT molecular complexity index is 423. The average Bonchev–Trinajstić information content (AvgIpc) is 2.42. The first-order valence-corrected chi connectivity index (χ1v) is 7.80. The molecule has 0 aliphatic rings. The van der Waals surface area contributed by atoms with Gasteiger partial charge in [0.25, 0.3) is 0 Å². The molecule has 0 heterocycles. The van der Waals surface area contributed by atoms with Gasteiger partial charge in [0.1, 0.15) is 0 Å². The second-order valence-corrected chi connectivity index (χ2v) is 6.39. The largest absolute Gasteiger partial charge is 0.465 e. The Labute approximate surface area is 129 Å². The lowest BCUT2D eigenvalue weighted by Crippen LogP contribution is -2.18. The minimum Gasteiger partial charge on any atom is -0.465 e. The van der Waals surface area contributed by atoms with E-state index in [0.29, 0.717) is 12.5 Å². The summed E-state index contributed by atoms with van der Waals surface area (Å²) in [5.41, 5.74) is 2.35. The van der Waals surface area contributed by atoms with Gasteiger partial charge < -0.3 is 9.64 Å². The zero-order valence-corrected chi connectivity index (χ0v) is 14.1. The van der Waals surface area contributed by atoms with Crippen LogP contribution in [0.1, 0.15) is 44.2 Å². The number of rotatable bonds is 8. The molecule has 3 heteroatoms. The Balaban J connectivity index is 2.46. The van der Waals surface area contributed by atoms with Gasteiger partial charge in [0, 0.05) is 6.54 Å². The molecule has 0 aliphatic carbocycles. The number of hydrogen-bond acceptors (Lipinski definition) is 3. The summed E-state index contributed by atoms with van der Waals surface area (Å²) < 4.78 is 5.34. The van der Waals surface area contributed by atoms with E-state index in [-0.39, 0.29) is 11.9 Å². The number of carbonyl (C=O) groups excluding carboxylic acids is 1. The summed E-state index contributed by atoms with van der Waals surface area (Å²) in [6, 6.07) is 8.32. The Morgan fingerprint density at radius 3 is 2.29 bits per heavy atom. The Kier molecular flexibility index (Phi) is 7.44. The molecule has 0 radical (unpaired) electrons. The van der Waals surface area contributed by atoms with E-state index in [1.165, 1.54) is 5.56 Å². The lowest BCUT2D eigenvalue weighted by molar-refractivity contribution is -0.145. The Morgan fingerprint density at radius 1 is 1.14 bits per heavy atom. The monoisotopic (exact) mass is 291 g/mol. The van der Waals surface area contributed by atoms with Gasteiger partial charge in [0.15, 0.2) is 0 Å². The first kappa shape index (κ1) is 17.7. The first-order chi connectivity index (χ1) is 9.90. The minimum absolute atomic E-state index is 0.134. The molecule has 0 bridgehead atoms. The highest BCUT2D eigenvalue weighted by atomic mass is 16.5. The molecule has 0 saturated carbocycles. The fourth-order valence-electron chi connectivity index (χ4n) is 2.23. The van der Waals surface area contributed by atoms with E-state index in [2.05, 4.69) is 30.9 Å². The maximum absolute atomic E-state index is 12.0. The van der Waals surface area contributed by atoms with E-state index in [1.54, 1.807) is 0 Å². The van der Waals surface area contributed by atoms with Gasteiger partial charge in [-0.1, -0.05) is 38.1 Å². The molecular formula is C18H29NO2. The normalized spacial score (nSPS) is 12.7. The number of ether oxygens (including phenoxy) is 1. The lowest BCUT2D eigenvalue weighted by atomic mass is 9.97. The molecule has 3 nitrogen and oxygen atoms in total. The van der Waals surface area contributed by atoms with Crippen LogP contribution in [0.3, 0.4) is 0 Å². The highest BCUT2D eigenvalue weighted by molar-refractivity contribution is 5.77. The average molecular weight is 291 g/mol. The summed E-state index contributed by atoms with van der Waals surface area (Å²) >= 11 is 0. The van der Waals surface area contributed by atoms with Gasteiger partial charge in [-0.2, -0.15) is 0 Å². The lowest BCUT2D eigenvalue weighted by Gasteiger charge is -2.14. The van der Waals surface area contributed by atoms with Crippen molar-refractivity contribution < 1.29 is 9.53 Å². The molecule has 0 spiro atoms. The van der Waals surface area contributed by atoms with E-state index in [1.807, 2.05) is 33.2 Å². The number of benzene rings is 1. The summed E-state index contributed by atoms with van der Waals surface area (Å²) in [6.07, 6.45) is 1.95. The molecule has 21 heavy (non-hydrogen) atoms. The van der Waals surface area contributed by atoms with Gasteiger partial charge in [-0.25, -0.2) is 0 Å². The fourth-order valence-corrected chi connectivity index (χ4v) is 2.23. The minimum atomic E-state index is -0.197. The topological polar surface area (TPSA) is 29.5 Å². The molecule has 118 valence electrons. The predicted octanol–water partition coefficient (Wildman–Crippen LogP) is 3.48. The van der Waals surface area contributed by atoms with E-state index in [4.69, 9.17) is 4.74 Å². The van der Waals surface area contributed by atoms with Crippen LogP contribution in [-0.4, -0.2) is 38.1 Å². The molecule has 0 saturated heterocycles. The number of esters is 1. The van der Waals surface area contributed by atoms with Crippen LogP contribution in [0, 0.1) is 5.92 Å². The van der Waals surface area contributed by atoms with Crippen LogP contribution in [0.15, 0.2) is 24.3 Å². The van der Waals surface area contributed by atoms with Crippen LogP contribution in [0.4, 0.5) is 0 Å². The maximum atomic E-state index is 12.0. The van der Waals surface area contributed by atoms with E-state index in [0.717, 1.165) is 24.9 Å². The summed E-state index contributed by atoms with van der Waals surface area (Å²) in [5, 5.41) is 0. The van der Waals surface area contributed by atoms with Crippen molar-refractivity contribution in [3.63, 3.8) is 0 Å². The van der Waals surface area contributed by atoms with Crippen molar-refractivity contribution in [2.75, 3.05) is 27.2 Å². The Morgan fingerprint density at radius 2 is 1.76 bits per heavy atom. The van der Waals surface area contributed by atoms with Crippen molar-refractivity contribution in [2.45, 2.75) is 39.5 Å². The molecule has 1 aromatic carbocycles. The third-order valence-electron chi connectivity index (χ3n) is 3.47. The number of hydrogen-bond donors (Lipinski definition) is 0. The zero-order valence-electron chi connectivity index (χ0n) is 14.1. The van der Waals surface area contributed by atoms with Crippen LogP contribution in [0.5, 0.6) is 0 Å². The molecular weight excluding hydrogens is 262 g/mol. The van der Waals surface area contributed by atoms with Gasteiger partial charge in [0.05, 0.1) is 12.5 Å². The van der Waals surface area contributed by atoms with Gasteiger partial charge in [-0.05, 0) is 50.9 Å². The van der Waals surface area contributed by atoms with Gasteiger partial charge in [-0.15, -0.1) is 0 Å². The molecule has 0 aliphatic heterocycles. The van der Waals surface area contributed by atoms with Crippen molar-refractivity contribution in [3.05, 3.63) is 35.4 Å². The van der Waals surface area contributed by atoms with Crippen molar-refractivity contribution in [1.29, 1.82) is 0 Å². The third-order valence-corrected chi connectivity index (χ3v) is 3.47. The first-order valence-electron chi connectivity index (χ1n) is 7.80. The highest BCUT2D eigenvalue weighted by Crippen LogP contribution is 2.19. The summed E-state index contributed by atoms with van der Waals surface area (Å²) in [5.74, 6) is 0.317. The van der Waals surface area contributed by atoms with Crippen LogP contribution >= 0.6 is 0 Å². The predicted molar refractivity (Wildman–Crippen MR) is 87.5 cm³/mol. The van der Waals surface area contributed by atoms with Crippen molar-refractivity contribution in [3.8, 4) is 0 Å². The van der Waals surface area contributed by atoms with Gasteiger partial charge >= 0.3 is 5.97 Å². The molecule has 0 fully saturated rings. The molecule has 1 aromatic rings. The van der Waals surface area contributed by atoms with Crippen LogP contribution in [-0.2, 0) is 16.0 Å². The van der Waals surface area contributed by atoms with E-state index < -0.39 is 0 Å². The highest BCUT2D eigenvalue weighted by Gasteiger charge is 2.16. The quantitative estimate of drug-likeness (QED) is 0.542. The van der Waals surface area contributed by atoms with Gasteiger partial charge in [0.2, 0.25) is 0 Å². The summed E-state index contributed by atoms with van der Waals surface area (Å²) in [7, 11) is 4.03. The van der Waals surface area contributed by atoms with Crippen LogP contribution in [0.2, 0.25) is 0 Å². The molecule has 0 aromatic heterocycles. The van der Waals surface area contributed by atoms with E-state index in [9.17, 15) is 4.79 Å². The van der Waals surface area contributed by atoms with Crippen LogP contribution in [0.25, 0.3) is 0 Å². The van der Waals surface area contributed by atoms with Crippen LogP contribution < -0.4 is 0 Å². The summed E-state index contributed by atoms with van der Waals surface area (Å²) in [6.45, 7) is 7.76. The SMILES string of the molecule is CC(C)Cc1ccc(C(C)C(=O)OCCCN(C)C)cc1. The molecule has 1 atom stereocenters. The third kappa shape index (κ3) is 6.76. The second-order valence-electron chi connectivity index (χ2n) is 6.39. The number of carbonyl (C=O) groups is 1.